The number of benzene rings is 1. The summed E-state index contributed by atoms with van der Waals surface area (Å²) in [7, 11) is 0. The van der Waals surface area contributed by atoms with Crippen molar-refractivity contribution in [3.05, 3.63) is 23.8 Å². The quantitative estimate of drug-likeness (QED) is 0.829. The number of rotatable bonds is 6. The summed E-state index contributed by atoms with van der Waals surface area (Å²) < 4.78 is 10.7. The highest BCUT2D eigenvalue weighted by molar-refractivity contribution is 5.73. The van der Waals surface area contributed by atoms with E-state index in [1.807, 2.05) is 18.2 Å². The minimum atomic E-state index is -0.0991. The van der Waals surface area contributed by atoms with Crippen molar-refractivity contribution in [2.75, 3.05) is 33.0 Å². The van der Waals surface area contributed by atoms with Crippen LogP contribution in [-0.2, 0) is 6.42 Å². The second-order valence-electron chi connectivity index (χ2n) is 7.14. The zero-order valence-electron chi connectivity index (χ0n) is 15.2. The van der Waals surface area contributed by atoms with E-state index in [2.05, 4.69) is 29.4 Å². The van der Waals surface area contributed by atoms with Crippen LogP contribution in [0.25, 0.3) is 0 Å². The fourth-order valence-electron chi connectivity index (χ4n) is 3.32. The van der Waals surface area contributed by atoms with Crippen LogP contribution < -0.4 is 20.1 Å². The maximum absolute atomic E-state index is 12.0. The number of fused-ring (bicyclic) bond motifs is 1. The van der Waals surface area contributed by atoms with E-state index in [9.17, 15) is 4.79 Å². The Kier molecular flexibility index (Phi) is 6.02. The van der Waals surface area contributed by atoms with Gasteiger partial charge in [-0.3, -0.25) is 4.90 Å². The number of carbonyl (C=O) groups excluding carboxylic acids is 1. The zero-order valence-corrected chi connectivity index (χ0v) is 15.2. The topological polar surface area (TPSA) is 62.8 Å². The van der Waals surface area contributed by atoms with Gasteiger partial charge < -0.3 is 20.1 Å². The molecule has 138 valence electrons. The lowest BCUT2D eigenvalue weighted by Crippen LogP contribution is -2.47. The van der Waals surface area contributed by atoms with Crippen LogP contribution >= 0.6 is 0 Å². The predicted octanol–water partition coefficient (Wildman–Crippen LogP) is 2.38. The van der Waals surface area contributed by atoms with Crippen LogP contribution in [0.5, 0.6) is 11.5 Å². The molecule has 0 bridgehead atoms. The summed E-state index contributed by atoms with van der Waals surface area (Å²) in [5.74, 6) is 2.40. The molecule has 2 N–H and O–H groups in total. The Balaban J connectivity index is 1.33. The normalized spacial score (nSPS) is 18.8. The number of nitrogens with one attached hydrogen (secondary N) is 2. The van der Waals surface area contributed by atoms with Gasteiger partial charge in [0.1, 0.15) is 0 Å². The van der Waals surface area contributed by atoms with E-state index in [4.69, 9.17) is 9.47 Å². The van der Waals surface area contributed by atoms with Gasteiger partial charge >= 0.3 is 6.03 Å². The molecule has 3 rings (SSSR count). The Morgan fingerprint density at radius 3 is 2.80 bits per heavy atom. The average molecular weight is 347 g/mol. The molecule has 6 nitrogen and oxygen atoms in total. The SMILES string of the molecule is CC1CCN(C(C)CNC(=O)NCCc2ccc3c(c2)OCO3)CC1. The summed E-state index contributed by atoms with van der Waals surface area (Å²) in [5.41, 5.74) is 1.13. The molecule has 1 unspecified atom stereocenters. The van der Waals surface area contributed by atoms with Crippen molar-refractivity contribution in [3.8, 4) is 11.5 Å². The van der Waals surface area contributed by atoms with Gasteiger partial charge in [-0.05, 0) is 62.9 Å². The Morgan fingerprint density at radius 2 is 2.00 bits per heavy atom. The maximum Gasteiger partial charge on any atom is 0.314 e. The molecule has 25 heavy (non-hydrogen) atoms. The van der Waals surface area contributed by atoms with Gasteiger partial charge in [-0.15, -0.1) is 0 Å². The first-order valence-electron chi connectivity index (χ1n) is 9.26. The standard InChI is InChI=1S/C19H29N3O3/c1-14-6-9-22(10-7-14)15(2)12-21-19(23)20-8-5-16-3-4-17-18(11-16)25-13-24-17/h3-4,11,14-15H,5-10,12-13H2,1-2H3,(H2,20,21,23). The molecule has 0 radical (unpaired) electrons. The van der Waals surface area contributed by atoms with Crippen molar-refractivity contribution >= 4 is 6.03 Å². The van der Waals surface area contributed by atoms with Crippen molar-refractivity contribution in [2.45, 2.75) is 39.2 Å². The number of likely N-dealkylation sites (tertiary alicyclic amines) is 1. The Hall–Kier alpha value is -1.95. The molecule has 1 atom stereocenters. The lowest BCUT2D eigenvalue weighted by Gasteiger charge is -2.34. The monoisotopic (exact) mass is 347 g/mol. The summed E-state index contributed by atoms with van der Waals surface area (Å²) in [6.45, 7) is 8.33. The molecule has 0 spiro atoms. The van der Waals surface area contributed by atoms with Gasteiger partial charge in [0.05, 0.1) is 0 Å². The van der Waals surface area contributed by atoms with E-state index in [-0.39, 0.29) is 12.8 Å². The van der Waals surface area contributed by atoms with Gasteiger partial charge in [-0.25, -0.2) is 4.79 Å². The van der Waals surface area contributed by atoms with Crippen LogP contribution in [0.15, 0.2) is 18.2 Å². The Bertz CT molecular complexity index is 585. The molecule has 1 aromatic carbocycles. The van der Waals surface area contributed by atoms with Crippen molar-refractivity contribution in [1.82, 2.24) is 15.5 Å². The number of hydrogen-bond donors (Lipinski definition) is 2. The van der Waals surface area contributed by atoms with Crippen molar-refractivity contribution in [1.29, 1.82) is 0 Å². The first-order chi connectivity index (χ1) is 12.1. The summed E-state index contributed by atoms with van der Waals surface area (Å²) >= 11 is 0. The van der Waals surface area contributed by atoms with E-state index in [1.165, 1.54) is 12.8 Å². The molecule has 2 aliphatic heterocycles. The molecular formula is C19H29N3O3. The Labute approximate surface area is 149 Å². The molecule has 1 aromatic rings. The van der Waals surface area contributed by atoms with Crippen molar-refractivity contribution in [3.63, 3.8) is 0 Å². The summed E-state index contributed by atoms with van der Waals surface area (Å²) in [6.07, 6.45) is 3.28. The highest BCUT2D eigenvalue weighted by Crippen LogP contribution is 2.32. The minimum Gasteiger partial charge on any atom is -0.454 e. The molecule has 2 amide bonds. The fourth-order valence-corrected chi connectivity index (χ4v) is 3.32. The molecular weight excluding hydrogens is 318 g/mol. The maximum atomic E-state index is 12.0. The lowest BCUT2D eigenvalue weighted by atomic mass is 9.98. The fraction of sp³-hybridized carbons (Fsp3) is 0.632. The highest BCUT2D eigenvalue weighted by atomic mass is 16.7. The highest BCUT2D eigenvalue weighted by Gasteiger charge is 2.20. The van der Waals surface area contributed by atoms with Gasteiger partial charge in [-0.2, -0.15) is 0 Å². The van der Waals surface area contributed by atoms with Crippen LogP contribution in [0.3, 0.4) is 0 Å². The molecule has 6 heteroatoms. The van der Waals surface area contributed by atoms with Crippen LogP contribution in [0.4, 0.5) is 4.79 Å². The number of carbonyl (C=O) groups is 1. The van der Waals surface area contributed by atoms with E-state index in [0.717, 1.165) is 42.5 Å². The van der Waals surface area contributed by atoms with Crippen LogP contribution in [0.2, 0.25) is 0 Å². The summed E-state index contributed by atoms with van der Waals surface area (Å²) in [6, 6.07) is 6.18. The summed E-state index contributed by atoms with van der Waals surface area (Å²) in [5, 5.41) is 5.91. The zero-order chi connectivity index (χ0) is 17.6. The third-order valence-electron chi connectivity index (χ3n) is 5.14. The Morgan fingerprint density at radius 1 is 1.24 bits per heavy atom. The third-order valence-corrected chi connectivity index (χ3v) is 5.14. The van der Waals surface area contributed by atoms with E-state index in [0.29, 0.717) is 19.1 Å². The second-order valence-corrected chi connectivity index (χ2v) is 7.14. The first kappa shape index (κ1) is 17.9. The third kappa shape index (κ3) is 5.01. The molecule has 2 heterocycles. The van der Waals surface area contributed by atoms with Crippen LogP contribution in [0, 0.1) is 5.92 Å². The largest absolute Gasteiger partial charge is 0.454 e. The summed E-state index contributed by atoms with van der Waals surface area (Å²) in [4.78, 5) is 14.4. The first-order valence-corrected chi connectivity index (χ1v) is 9.26. The number of hydrogen-bond acceptors (Lipinski definition) is 4. The number of amides is 2. The van der Waals surface area contributed by atoms with Gasteiger partial charge in [0.25, 0.3) is 0 Å². The number of nitrogens with zero attached hydrogens (tertiary/aromatic N) is 1. The van der Waals surface area contributed by atoms with Crippen LogP contribution in [-0.4, -0.2) is 49.9 Å². The average Bonchev–Trinajstić information content (AvgIpc) is 3.08. The van der Waals surface area contributed by atoms with Crippen molar-refractivity contribution in [2.24, 2.45) is 5.92 Å². The molecule has 0 saturated carbocycles. The van der Waals surface area contributed by atoms with Crippen molar-refractivity contribution < 1.29 is 14.3 Å². The van der Waals surface area contributed by atoms with E-state index in [1.54, 1.807) is 0 Å². The predicted molar refractivity (Wildman–Crippen MR) is 97.1 cm³/mol. The van der Waals surface area contributed by atoms with E-state index < -0.39 is 0 Å². The lowest BCUT2D eigenvalue weighted by molar-refractivity contribution is 0.145. The van der Waals surface area contributed by atoms with Gasteiger partial charge in [0, 0.05) is 19.1 Å². The molecule has 1 fully saturated rings. The van der Waals surface area contributed by atoms with Gasteiger partial charge in [0.15, 0.2) is 11.5 Å². The molecule has 0 aliphatic carbocycles. The second kappa shape index (κ2) is 8.43. The van der Waals surface area contributed by atoms with Crippen LogP contribution in [0.1, 0.15) is 32.3 Å². The number of ether oxygens (including phenoxy) is 2. The smallest absolute Gasteiger partial charge is 0.314 e. The molecule has 1 saturated heterocycles. The minimum absolute atomic E-state index is 0.0991. The molecule has 2 aliphatic rings. The van der Waals surface area contributed by atoms with E-state index >= 15 is 0 Å². The number of urea groups is 1. The number of piperidine rings is 1. The van der Waals surface area contributed by atoms with Gasteiger partial charge in [0.2, 0.25) is 6.79 Å². The molecule has 0 aromatic heterocycles. The van der Waals surface area contributed by atoms with Gasteiger partial charge in [-0.1, -0.05) is 13.0 Å².